The normalized spacial score (nSPS) is 18.1. The first kappa shape index (κ1) is 14.4. The molecule has 1 aromatic heterocycles. The Morgan fingerprint density at radius 2 is 1.95 bits per heavy atom. The van der Waals surface area contributed by atoms with Crippen molar-refractivity contribution in [3.05, 3.63) is 41.7 Å². The van der Waals surface area contributed by atoms with E-state index in [1.807, 2.05) is 0 Å². The molecule has 1 aromatic carbocycles. The number of aryl methyl sites for hydroxylation is 2. The molecule has 2 aromatic rings. The van der Waals surface area contributed by atoms with Gasteiger partial charge < -0.3 is 5.43 Å². The summed E-state index contributed by atoms with van der Waals surface area (Å²) < 4.78 is 2.09. The summed E-state index contributed by atoms with van der Waals surface area (Å²) in [5.74, 6) is 2.07. The molecule has 0 saturated carbocycles. The molecule has 2 heterocycles. The molecular weight excluding hydrogens is 280 g/mol. The Labute approximate surface area is 130 Å². The van der Waals surface area contributed by atoms with Crippen LogP contribution in [0, 0.1) is 5.41 Å². The van der Waals surface area contributed by atoms with Crippen LogP contribution < -0.4 is 5.43 Å². The Hall–Kier alpha value is -1.49. The third-order valence-corrected chi connectivity index (χ3v) is 4.91. The van der Waals surface area contributed by atoms with Gasteiger partial charge in [0.15, 0.2) is 5.82 Å². The summed E-state index contributed by atoms with van der Waals surface area (Å²) in [6.07, 6.45) is 1.90. The van der Waals surface area contributed by atoms with Gasteiger partial charge in [0.2, 0.25) is 5.16 Å². The fraction of sp³-hybridized carbons (Fsp3) is 0.500. The van der Waals surface area contributed by atoms with Gasteiger partial charge >= 0.3 is 0 Å². The van der Waals surface area contributed by atoms with Crippen molar-refractivity contribution in [1.82, 2.24) is 14.9 Å². The van der Waals surface area contributed by atoms with Crippen molar-refractivity contribution in [2.45, 2.75) is 44.8 Å². The summed E-state index contributed by atoms with van der Waals surface area (Å²) in [6, 6.07) is 11.0. The standard InChI is InChI=1S/C16H22N4S/c1-16(2,3)13-11-21-15-18-17-14(20(15)19-13)10-9-12-7-5-4-6-8-12/h4-8,13,19H,9-11H2,1-3H3. The Bertz CT molecular complexity index is 600. The third kappa shape index (κ3) is 3.23. The molecular formula is C16H22N4S. The number of thioether (sulfide) groups is 1. The van der Waals surface area contributed by atoms with Crippen LogP contribution >= 0.6 is 11.8 Å². The lowest BCUT2D eigenvalue weighted by atomic mass is 9.88. The number of hydrogen-bond acceptors (Lipinski definition) is 4. The maximum atomic E-state index is 4.36. The Morgan fingerprint density at radius 3 is 2.67 bits per heavy atom. The minimum Gasteiger partial charge on any atom is -0.318 e. The molecule has 0 spiro atoms. The number of nitrogens with one attached hydrogen (secondary N) is 1. The number of benzene rings is 1. The highest BCUT2D eigenvalue weighted by molar-refractivity contribution is 7.99. The molecule has 3 rings (SSSR count). The van der Waals surface area contributed by atoms with Crippen molar-refractivity contribution in [2.24, 2.45) is 5.41 Å². The zero-order valence-electron chi connectivity index (χ0n) is 12.8. The fourth-order valence-electron chi connectivity index (χ4n) is 2.38. The number of fused-ring (bicyclic) bond motifs is 1. The van der Waals surface area contributed by atoms with E-state index in [2.05, 4.69) is 71.4 Å². The Kier molecular flexibility index (Phi) is 3.93. The maximum absolute atomic E-state index is 4.36. The largest absolute Gasteiger partial charge is 0.318 e. The highest BCUT2D eigenvalue weighted by Crippen LogP contribution is 2.30. The van der Waals surface area contributed by atoms with E-state index in [-0.39, 0.29) is 5.41 Å². The highest BCUT2D eigenvalue weighted by Gasteiger charge is 2.30. The first-order valence-electron chi connectivity index (χ1n) is 7.41. The van der Waals surface area contributed by atoms with E-state index in [0.717, 1.165) is 29.6 Å². The van der Waals surface area contributed by atoms with Crippen molar-refractivity contribution in [3.63, 3.8) is 0 Å². The lowest BCUT2D eigenvalue weighted by molar-refractivity contribution is 0.335. The summed E-state index contributed by atoms with van der Waals surface area (Å²) in [6.45, 7) is 6.80. The monoisotopic (exact) mass is 302 g/mol. The molecule has 1 aliphatic rings. The smallest absolute Gasteiger partial charge is 0.210 e. The number of rotatable bonds is 3. The second-order valence-corrected chi connectivity index (χ2v) is 7.57. The molecule has 1 N–H and O–H groups in total. The van der Waals surface area contributed by atoms with Crippen LogP contribution in [0.2, 0.25) is 0 Å². The molecule has 1 atom stereocenters. The highest BCUT2D eigenvalue weighted by atomic mass is 32.2. The topological polar surface area (TPSA) is 42.7 Å². The van der Waals surface area contributed by atoms with Gasteiger partial charge in [-0.15, -0.1) is 10.2 Å². The van der Waals surface area contributed by atoms with E-state index in [1.54, 1.807) is 11.8 Å². The molecule has 0 amide bonds. The molecule has 0 saturated heterocycles. The van der Waals surface area contributed by atoms with Gasteiger partial charge in [-0.05, 0) is 17.4 Å². The Balaban J connectivity index is 1.73. The van der Waals surface area contributed by atoms with E-state index in [9.17, 15) is 0 Å². The van der Waals surface area contributed by atoms with E-state index < -0.39 is 0 Å². The van der Waals surface area contributed by atoms with Gasteiger partial charge in [0.25, 0.3) is 0 Å². The van der Waals surface area contributed by atoms with E-state index in [4.69, 9.17) is 0 Å². The first-order valence-corrected chi connectivity index (χ1v) is 8.40. The minimum absolute atomic E-state index is 0.228. The molecule has 112 valence electrons. The van der Waals surface area contributed by atoms with Crippen molar-refractivity contribution in [3.8, 4) is 0 Å². The van der Waals surface area contributed by atoms with Gasteiger partial charge in [0.1, 0.15) is 0 Å². The summed E-state index contributed by atoms with van der Waals surface area (Å²) in [5, 5.41) is 9.64. The zero-order chi connectivity index (χ0) is 14.9. The van der Waals surface area contributed by atoms with Crippen molar-refractivity contribution in [2.75, 3.05) is 11.2 Å². The van der Waals surface area contributed by atoms with Crippen molar-refractivity contribution >= 4 is 11.8 Å². The van der Waals surface area contributed by atoms with Crippen LogP contribution in [0.1, 0.15) is 32.2 Å². The van der Waals surface area contributed by atoms with Crippen molar-refractivity contribution in [1.29, 1.82) is 0 Å². The summed E-state index contributed by atoms with van der Waals surface area (Å²) >= 11 is 1.79. The predicted molar refractivity (Wildman–Crippen MR) is 87.2 cm³/mol. The van der Waals surface area contributed by atoms with Crippen LogP contribution in [0.5, 0.6) is 0 Å². The fourth-order valence-corrected chi connectivity index (χ4v) is 3.66. The number of aromatic nitrogens is 3. The van der Waals surface area contributed by atoms with Crippen LogP contribution in [0.15, 0.2) is 35.5 Å². The van der Waals surface area contributed by atoms with Gasteiger partial charge in [0.05, 0.1) is 6.04 Å². The molecule has 0 radical (unpaired) electrons. The molecule has 0 bridgehead atoms. The molecule has 21 heavy (non-hydrogen) atoms. The Morgan fingerprint density at radius 1 is 1.19 bits per heavy atom. The zero-order valence-corrected chi connectivity index (χ0v) is 13.7. The first-order chi connectivity index (χ1) is 10.0. The van der Waals surface area contributed by atoms with Crippen LogP contribution in [0.4, 0.5) is 0 Å². The number of hydrogen-bond donors (Lipinski definition) is 1. The molecule has 1 unspecified atom stereocenters. The van der Waals surface area contributed by atoms with Gasteiger partial charge in [0, 0.05) is 12.2 Å². The second-order valence-electron chi connectivity index (χ2n) is 6.58. The second kappa shape index (κ2) is 5.72. The summed E-state index contributed by atoms with van der Waals surface area (Å²) in [4.78, 5) is 0. The minimum atomic E-state index is 0.228. The van der Waals surface area contributed by atoms with Crippen LogP contribution in [-0.2, 0) is 12.8 Å². The maximum Gasteiger partial charge on any atom is 0.210 e. The van der Waals surface area contributed by atoms with Gasteiger partial charge in [-0.3, -0.25) is 0 Å². The van der Waals surface area contributed by atoms with E-state index in [1.165, 1.54) is 5.56 Å². The summed E-state index contributed by atoms with van der Waals surface area (Å²) in [7, 11) is 0. The van der Waals surface area contributed by atoms with Crippen LogP contribution in [0.3, 0.4) is 0 Å². The molecule has 4 nitrogen and oxygen atoms in total. The van der Waals surface area contributed by atoms with E-state index >= 15 is 0 Å². The molecule has 0 aliphatic carbocycles. The van der Waals surface area contributed by atoms with Gasteiger partial charge in [-0.25, -0.2) is 4.68 Å². The van der Waals surface area contributed by atoms with Crippen LogP contribution in [-0.4, -0.2) is 26.7 Å². The quantitative estimate of drug-likeness (QED) is 0.946. The van der Waals surface area contributed by atoms with E-state index in [0.29, 0.717) is 6.04 Å². The molecule has 0 fully saturated rings. The average Bonchev–Trinajstić information content (AvgIpc) is 2.87. The lowest BCUT2D eigenvalue weighted by Crippen LogP contribution is -2.44. The van der Waals surface area contributed by atoms with Crippen LogP contribution in [0.25, 0.3) is 0 Å². The summed E-state index contributed by atoms with van der Waals surface area (Å²) in [5.41, 5.74) is 5.16. The molecule has 5 heteroatoms. The average molecular weight is 302 g/mol. The number of nitrogens with zero attached hydrogens (tertiary/aromatic N) is 3. The lowest BCUT2D eigenvalue weighted by Gasteiger charge is -2.35. The molecule has 1 aliphatic heterocycles. The third-order valence-electron chi connectivity index (χ3n) is 3.89. The van der Waals surface area contributed by atoms with Gasteiger partial charge in [-0.2, -0.15) is 0 Å². The SMILES string of the molecule is CC(C)(C)C1CSc2nnc(CCc3ccccc3)n2N1. The predicted octanol–water partition coefficient (Wildman–Crippen LogP) is 3.13. The van der Waals surface area contributed by atoms with Crippen molar-refractivity contribution < 1.29 is 0 Å². The van der Waals surface area contributed by atoms with Gasteiger partial charge in [-0.1, -0.05) is 62.9 Å².